The monoisotopic (exact) mass is 549 g/mol. The molecule has 0 radical (unpaired) electrons. The van der Waals surface area contributed by atoms with Gasteiger partial charge in [-0.05, 0) is 68.1 Å². The van der Waals surface area contributed by atoms with Crippen LogP contribution in [0.2, 0.25) is 0 Å². The van der Waals surface area contributed by atoms with Crippen LogP contribution in [0.5, 0.6) is 0 Å². The van der Waals surface area contributed by atoms with Crippen LogP contribution in [0.15, 0.2) is 95.9 Å². The third-order valence-electron chi connectivity index (χ3n) is 7.88. The second kappa shape index (κ2) is 13.2. The fourth-order valence-corrected chi connectivity index (χ4v) is 6.63. The fourth-order valence-electron chi connectivity index (χ4n) is 5.40. The van der Waals surface area contributed by atoms with E-state index >= 15 is 0 Å². The van der Waals surface area contributed by atoms with E-state index in [0.29, 0.717) is 18.0 Å². The first kappa shape index (κ1) is 28.8. The van der Waals surface area contributed by atoms with Crippen LogP contribution in [0, 0.1) is 0 Å². The average molecular weight is 550 g/mol. The molecule has 1 unspecified atom stereocenters. The number of hydrogen-bond acceptors (Lipinski definition) is 5. The summed E-state index contributed by atoms with van der Waals surface area (Å²) in [5, 5.41) is 2.55. The standard InChI is InChI=1S/C31H39N3O4S/c1-32-30(35)38-25-31(28-14-8-4-9-15-28)19-22-34(23-20-31)21-18-27(26-12-6-3-7-13-26)24-33(2)39(36,37)29-16-10-5-11-17-29/h3-17,27H,18-25H2,1-2H3,(H,32,35). The SMILES string of the molecule is CNC(=O)OCC1(c2ccccc2)CCN(CCC(CN(C)S(=O)(=O)c2ccccc2)c2ccccc2)CC1. The normalized spacial score (nSPS) is 16.5. The number of alkyl carbamates (subject to hydrolysis) is 1. The van der Waals surface area contributed by atoms with Crippen molar-refractivity contribution in [3.05, 3.63) is 102 Å². The van der Waals surface area contributed by atoms with Gasteiger partial charge in [-0.2, -0.15) is 0 Å². The number of amides is 1. The summed E-state index contributed by atoms with van der Waals surface area (Å²) in [7, 11) is -0.332. The molecule has 1 aliphatic rings. The van der Waals surface area contributed by atoms with Crippen LogP contribution < -0.4 is 5.32 Å². The highest BCUT2D eigenvalue weighted by Crippen LogP contribution is 2.36. The van der Waals surface area contributed by atoms with Crippen molar-refractivity contribution in [1.29, 1.82) is 0 Å². The fraction of sp³-hybridized carbons (Fsp3) is 0.387. The van der Waals surface area contributed by atoms with Crippen molar-refractivity contribution in [2.75, 3.05) is 46.9 Å². The molecule has 3 aromatic carbocycles. The molecule has 1 heterocycles. The highest BCUT2D eigenvalue weighted by Gasteiger charge is 2.37. The van der Waals surface area contributed by atoms with E-state index in [9.17, 15) is 13.2 Å². The molecule has 1 aliphatic heterocycles. The number of likely N-dealkylation sites (N-methyl/N-ethyl adjacent to an activating group) is 1. The Morgan fingerprint density at radius 1 is 0.949 bits per heavy atom. The van der Waals surface area contributed by atoms with Gasteiger partial charge in [0.25, 0.3) is 0 Å². The Morgan fingerprint density at radius 2 is 1.51 bits per heavy atom. The lowest BCUT2D eigenvalue weighted by Gasteiger charge is -2.42. The van der Waals surface area contributed by atoms with Crippen molar-refractivity contribution >= 4 is 16.1 Å². The van der Waals surface area contributed by atoms with Gasteiger partial charge in [0, 0.05) is 26.1 Å². The Morgan fingerprint density at radius 3 is 2.10 bits per heavy atom. The summed E-state index contributed by atoms with van der Waals surface area (Å²) in [6, 6.07) is 29.1. The van der Waals surface area contributed by atoms with Crippen molar-refractivity contribution in [1.82, 2.24) is 14.5 Å². The van der Waals surface area contributed by atoms with Gasteiger partial charge in [0.1, 0.15) is 6.61 Å². The predicted octanol–water partition coefficient (Wildman–Crippen LogP) is 4.87. The van der Waals surface area contributed by atoms with Gasteiger partial charge in [0.15, 0.2) is 0 Å². The number of hydrogen-bond donors (Lipinski definition) is 1. The van der Waals surface area contributed by atoms with Crippen LogP contribution in [-0.4, -0.2) is 70.6 Å². The van der Waals surface area contributed by atoms with Crippen LogP contribution in [0.3, 0.4) is 0 Å². The third-order valence-corrected chi connectivity index (χ3v) is 9.71. The highest BCUT2D eigenvalue weighted by molar-refractivity contribution is 7.89. The summed E-state index contributed by atoms with van der Waals surface area (Å²) in [6.07, 6.45) is 2.19. The van der Waals surface area contributed by atoms with Crippen molar-refractivity contribution < 1.29 is 17.9 Å². The molecule has 208 valence electrons. The molecule has 1 saturated heterocycles. The maximum Gasteiger partial charge on any atom is 0.406 e. The molecule has 0 bridgehead atoms. The maximum atomic E-state index is 13.2. The largest absolute Gasteiger partial charge is 0.449 e. The van der Waals surface area contributed by atoms with Gasteiger partial charge in [0.05, 0.1) is 4.90 Å². The molecule has 1 N–H and O–H groups in total. The molecule has 1 atom stereocenters. The van der Waals surface area contributed by atoms with Gasteiger partial charge in [-0.15, -0.1) is 0 Å². The summed E-state index contributed by atoms with van der Waals surface area (Å²) < 4.78 is 33.5. The van der Waals surface area contributed by atoms with Gasteiger partial charge in [-0.25, -0.2) is 17.5 Å². The number of ether oxygens (including phenoxy) is 1. The van der Waals surface area contributed by atoms with E-state index < -0.39 is 16.1 Å². The Bertz CT molecular complexity index is 1280. The summed E-state index contributed by atoms with van der Waals surface area (Å²) in [5.41, 5.74) is 2.12. The molecule has 0 saturated carbocycles. The zero-order valence-corrected chi connectivity index (χ0v) is 23.6. The van der Waals surface area contributed by atoms with E-state index in [2.05, 4.69) is 34.5 Å². The van der Waals surface area contributed by atoms with Crippen molar-refractivity contribution in [2.45, 2.75) is 35.5 Å². The summed E-state index contributed by atoms with van der Waals surface area (Å²) in [6.45, 7) is 3.37. The van der Waals surface area contributed by atoms with E-state index in [1.165, 1.54) is 9.87 Å². The molecule has 0 spiro atoms. The van der Waals surface area contributed by atoms with Gasteiger partial charge in [-0.3, -0.25) is 0 Å². The molecular weight excluding hydrogens is 510 g/mol. The summed E-state index contributed by atoms with van der Waals surface area (Å²) in [5.74, 6) is 0.0621. The first-order valence-corrected chi connectivity index (χ1v) is 15.0. The van der Waals surface area contributed by atoms with Crippen LogP contribution in [0.25, 0.3) is 0 Å². The lowest BCUT2D eigenvalue weighted by atomic mass is 9.73. The lowest BCUT2D eigenvalue weighted by Crippen LogP contribution is -2.46. The number of rotatable bonds is 11. The quantitative estimate of drug-likeness (QED) is 0.369. The number of nitrogens with one attached hydrogen (secondary N) is 1. The minimum atomic E-state index is -3.57. The second-order valence-electron chi connectivity index (χ2n) is 10.3. The predicted molar refractivity (Wildman–Crippen MR) is 154 cm³/mol. The van der Waals surface area contributed by atoms with E-state index in [1.54, 1.807) is 38.4 Å². The first-order valence-electron chi connectivity index (χ1n) is 13.5. The van der Waals surface area contributed by atoms with Gasteiger partial charge in [-0.1, -0.05) is 78.9 Å². The van der Waals surface area contributed by atoms with Crippen LogP contribution >= 0.6 is 0 Å². The topological polar surface area (TPSA) is 79.0 Å². The highest BCUT2D eigenvalue weighted by atomic mass is 32.2. The molecule has 1 fully saturated rings. The Labute approximate surface area is 232 Å². The Balaban J connectivity index is 1.43. The Hall–Kier alpha value is -3.20. The van der Waals surface area contributed by atoms with Gasteiger partial charge >= 0.3 is 6.09 Å². The smallest absolute Gasteiger partial charge is 0.406 e. The van der Waals surface area contributed by atoms with E-state index in [0.717, 1.165) is 44.5 Å². The molecular formula is C31H39N3O4S. The molecule has 1 amide bonds. The minimum absolute atomic E-state index is 0.0621. The molecule has 7 nitrogen and oxygen atoms in total. The number of carbonyl (C=O) groups excluding carboxylic acids is 1. The van der Waals surface area contributed by atoms with Crippen molar-refractivity contribution in [2.24, 2.45) is 0 Å². The summed E-state index contributed by atoms with van der Waals surface area (Å²) >= 11 is 0. The van der Waals surface area contributed by atoms with E-state index in [1.807, 2.05) is 42.5 Å². The minimum Gasteiger partial charge on any atom is -0.449 e. The van der Waals surface area contributed by atoms with Gasteiger partial charge < -0.3 is 15.0 Å². The number of benzene rings is 3. The number of nitrogens with zero attached hydrogens (tertiary/aromatic N) is 2. The average Bonchev–Trinajstić information content (AvgIpc) is 2.99. The molecule has 0 aromatic heterocycles. The second-order valence-corrected chi connectivity index (χ2v) is 12.4. The number of sulfonamides is 1. The van der Waals surface area contributed by atoms with Crippen LogP contribution in [-0.2, 0) is 20.2 Å². The van der Waals surface area contributed by atoms with Crippen molar-refractivity contribution in [3.63, 3.8) is 0 Å². The van der Waals surface area contributed by atoms with Gasteiger partial charge in [0.2, 0.25) is 10.0 Å². The Kier molecular flexibility index (Phi) is 9.78. The number of likely N-dealkylation sites (tertiary alicyclic amines) is 1. The van der Waals surface area contributed by atoms with E-state index in [-0.39, 0.29) is 11.3 Å². The summed E-state index contributed by atoms with van der Waals surface area (Å²) in [4.78, 5) is 14.6. The lowest BCUT2D eigenvalue weighted by molar-refractivity contribution is 0.0749. The molecule has 4 rings (SSSR count). The zero-order valence-electron chi connectivity index (χ0n) is 22.8. The molecule has 0 aliphatic carbocycles. The van der Waals surface area contributed by atoms with Crippen molar-refractivity contribution in [3.8, 4) is 0 Å². The zero-order chi connectivity index (χ0) is 27.7. The van der Waals surface area contributed by atoms with E-state index in [4.69, 9.17) is 4.74 Å². The molecule has 3 aromatic rings. The number of piperidine rings is 1. The van der Waals surface area contributed by atoms with Crippen LogP contribution in [0.1, 0.15) is 36.3 Å². The van der Waals surface area contributed by atoms with Crippen LogP contribution in [0.4, 0.5) is 4.79 Å². The third kappa shape index (κ3) is 7.26. The maximum absolute atomic E-state index is 13.2. The first-order chi connectivity index (χ1) is 18.8. The molecule has 39 heavy (non-hydrogen) atoms. The number of carbonyl (C=O) groups is 1. The molecule has 8 heteroatoms.